The van der Waals surface area contributed by atoms with Gasteiger partial charge in [-0.25, -0.2) is 4.39 Å². The first-order valence-corrected chi connectivity index (χ1v) is 8.75. The Bertz CT molecular complexity index is 1020. The molecule has 0 bridgehead atoms. The molecule has 0 radical (unpaired) electrons. The number of nitrogens with zero attached hydrogens (tertiary/aromatic N) is 1. The molecule has 2 amide bonds. The Morgan fingerprint density at radius 2 is 1.50 bits per heavy atom. The van der Waals surface area contributed by atoms with Crippen molar-refractivity contribution in [3.8, 4) is 0 Å². The number of hydrogen-bond acceptors (Lipinski definition) is 3. The summed E-state index contributed by atoms with van der Waals surface area (Å²) in [5, 5.41) is 5.53. The Kier molecular flexibility index (Phi) is 5.49. The van der Waals surface area contributed by atoms with E-state index in [9.17, 15) is 14.0 Å². The summed E-state index contributed by atoms with van der Waals surface area (Å²) >= 11 is 0. The quantitative estimate of drug-likeness (QED) is 0.695. The van der Waals surface area contributed by atoms with Crippen LogP contribution in [0.1, 0.15) is 37.5 Å². The Morgan fingerprint density at radius 1 is 0.857 bits per heavy atom. The lowest BCUT2D eigenvalue weighted by atomic mass is 10.0. The van der Waals surface area contributed by atoms with Gasteiger partial charge < -0.3 is 10.6 Å². The third kappa shape index (κ3) is 4.40. The average molecular weight is 377 g/mol. The number of anilines is 2. The molecule has 0 saturated carbocycles. The van der Waals surface area contributed by atoms with Crippen molar-refractivity contribution in [2.75, 3.05) is 10.6 Å². The molecule has 0 atom stereocenters. The predicted octanol–water partition coefficient (Wildman–Crippen LogP) is 4.65. The molecule has 6 heteroatoms. The highest BCUT2D eigenvalue weighted by molar-refractivity contribution is 6.08. The predicted molar refractivity (Wildman–Crippen MR) is 107 cm³/mol. The summed E-state index contributed by atoms with van der Waals surface area (Å²) in [6.07, 6.45) is 1.41. The Hall–Kier alpha value is -3.54. The SMILES string of the molecule is Cc1cc(C)c(NC(=O)c2ccnc(C(=O)Nc3ccc(F)cc3)c2)c(C)c1. The molecular formula is C22H20FN3O2. The van der Waals surface area contributed by atoms with Crippen LogP contribution in [0.4, 0.5) is 15.8 Å². The van der Waals surface area contributed by atoms with Crippen LogP contribution in [0.3, 0.4) is 0 Å². The molecule has 142 valence electrons. The fourth-order valence-electron chi connectivity index (χ4n) is 2.99. The number of aryl methyl sites for hydroxylation is 3. The number of rotatable bonds is 4. The van der Waals surface area contributed by atoms with E-state index in [0.29, 0.717) is 11.3 Å². The van der Waals surface area contributed by atoms with E-state index in [1.54, 1.807) is 6.07 Å². The van der Waals surface area contributed by atoms with Crippen LogP contribution in [-0.4, -0.2) is 16.8 Å². The summed E-state index contributed by atoms with van der Waals surface area (Å²) in [5.74, 6) is -1.20. The maximum absolute atomic E-state index is 13.0. The van der Waals surface area contributed by atoms with Crippen molar-refractivity contribution in [2.45, 2.75) is 20.8 Å². The van der Waals surface area contributed by atoms with Gasteiger partial charge in [-0.2, -0.15) is 0 Å². The Balaban J connectivity index is 1.78. The minimum absolute atomic E-state index is 0.0920. The van der Waals surface area contributed by atoms with Gasteiger partial charge in [0.05, 0.1) is 0 Å². The Labute approximate surface area is 162 Å². The molecule has 0 aliphatic rings. The van der Waals surface area contributed by atoms with Gasteiger partial charge in [0.25, 0.3) is 11.8 Å². The number of pyridine rings is 1. The van der Waals surface area contributed by atoms with Crippen LogP contribution in [0.2, 0.25) is 0 Å². The fraction of sp³-hybridized carbons (Fsp3) is 0.136. The number of hydrogen-bond donors (Lipinski definition) is 2. The maximum Gasteiger partial charge on any atom is 0.274 e. The van der Waals surface area contributed by atoms with Crippen LogP contribution in [-0.2, 0) is 0 Å². The van der Waals surface area contributed by atoms with Gasteiger partial charge >= 0.3 is 0 Å². The fourth-order valence-corrected chi connectivity index (χ4v) is 2.99. The van der Waals surface area contributed by atoms with E-state index < -0.39 is 11.7 Å². The van der Waals surface area contributed by atoms with Crippen LogP contribution in [0, 0.1) is 26.6 Å². The van der Waals surface area contributed by atoms with Crippen molar-refractivity contribution in [2.24, 2.45) is 0 Å². The van der Waals surface area contributed by atoms with Crippen LogP contribution < -0.4 is 10.6 Å². The minimum atomic E-state index is -0.482. The maximum atomic E-state index is 13.0. The third-order valence-electron chi connectivity index (χ3n) is 4.27. The molecule has 0 spiro atoms. The normalized spacial score (nSPS) is 10.4. The first kappa shape index (κ1) is 19.2. The lowest BCUT2D eigenvalue weighted by Crippen LogP contribution is -2.17. The van der Waals surface area contributed by atoms with Gasteiger partial charge in [-0.3, -0.25) is 14.6 Å². The summed E-state index contributed by atoms with van der Waals surface area (Å²) in [7, 11) is 0. The van der Waals surface area contributed by atoms with Gasteiger partial charge in [0, 0.05) is 23.1 Å². The topological polar surface area (TPSA) is 71.1 Å². The van der Waals surface area contributed by atoms with Crippen molar-refractivity contribution in [1.29, 1.82) is 0 Å². The second-order valence-corrected chi connectivity index (χ2v) is 6.62. The molecule has 2 N–H and O–H groups in total. The molecule has 3 aromatic rings. The second kappa shape index (κ2) is 8.00. The van der Waals surface area contributed by atoms with Crippen molar-refractivity contribution in [1.82, 2.24) is 4.98 Å². The number of nitrogens with one attached hydrogen (secondary N) is 2. The standard InChI is InChI=1S/C22H20FN3O2/c1-13-10-14(2)20(15(3)11-13)26-21(27)16-8-9-24-19(12-16)22(28)25-18-6-4-17(23)5-7-18/h4-12H,1-3H3,(H,25,28)(H,26,27). The van der Waals surface area contributed by atoms with Gasteiger partial charge in [-0.15, -0.1) is 0 Å². The van der Waals surface area contributed by atoms with Gasteiger partial charge in [0.1, 0.15) is 11.5 Å². The number of aromatic nitrogens is 1. The van der Waals surface area contributed by atoms with Gasteiger partial charge in [-0.05, 0) is 68.3 Å². The largest absolute Gasteiger partial charge is 0.322 e. The second-order valence-electron chi connectivity index (χ2n) is 6.62. The van der Waals surface area contributed by atoms with Crippen molar-refractivity contribution in [3.63, 3.8) is 0 Å². The highest BCUT2D eigenvalue weighted by Crippen LogP contribution is 2.22. The highest BCUT2D eigenvalue weighted by Gasteiger charge is 2.14. The lowest BCUT2D eigenvalue weighted by molar-refractivity contribution is 0.102. The molecule has 0 saturated heterocycles. The number of benzene rings is 2. The first-order chi connectivity index (χ1) is 13.3. The molecule has 0 unspecified atom stereocenters. The monoisotopic (exact) mass is 377 g/mol. The number of carbonyl (C=O) groups is 2. The summed E-state index contributed by atoms with van der Waals surface area (Å²) in [6.45, 7) is 5.87. The summed E-state index contributed by atoms with van der Waals surface area (Å²) in [6, 6.07) is 12.4. The number of carbonyl (C=O) groups excluding carboxylic acids is 2. The summed E-state index contributed by atoms with van der Waals surface area (Å²) in [5.41, 5.74) is 4.66. The smallest absolute Gasteiger partial charge is 0.274 e. The van der Waals surface area contributed by atoms with E-state index in [-0.39, 0.29) is 11.6 Å². The van der Waals surface area contributed by atoms with E-state index >= 15 is 0 Å². The molecular weight excluding hydrogens is 357 g/mol. The summed E-state index contributed by atoms with van der Waals surface area (Å²) < 4.78 is 13.0. The van der Waals surface area contributed by atoms with Gasteiger partial charge in [-0.1, -0.05) is 17.7 Å². The molecule has 0 aliphatic heterocycles. The molecule has 5 nitrogen and oxygen atoms in total. The van der Waals surface area contributed by atoms with Crippen LogP contribution in [0.15, 0.2) is 54.7 Å². The average Bonchev–Trinajstić information content (AvgIpc) is 2.66. The molecule has 0 fully saturated rings. The molecule has 3 rings (SSSR count). The van der Waals surface area contributed by atoms with Gasteiger partial charge in [0.15, 0.2) is 0 Å². The molecule has 1 aromatic heterocycles. The highest BCUT2D eigenvalue weighted by atomic mass is 19.1. The van der Waals surface area contributed by atoms with E-state index in [0.717, 1.165) is 22.4 Å². The van der Waals surface area contributed by atoms with Crippen LogP contribution in [0.5, 0.6) is 0 Å². The first-order valence-electron chi connectivity index (χ1n) is 8.75. The summed E-state index contributed by atoms with van der Waals surface area (Å²) in [4.78, 5) is 29.1. The van der Waals surface area contributed by atoms with Crippen molar-refractivity contribution in [3.05, 3.63) is 88.5 Å². The zero-order chi connectivity index (χ0) is 20.3. The van der Waals surface area contributed by atoms with E-state index in [2.05, 4.69) is 15.6 Å². The lowest BCUT2D eigenvalue weighted by Gasteiger charge is -2.13. The minimum Gasteiger partial charge on any atom is -0.322 e. The Morgan fingerprint density at radius 3 is 2.14 bits per heavy atom. The van der Waals surface area contributed by atoms with Crippen molar-refractivity contribution >= 4 is 23.2 Å². The van der Waals surface area contributed by atoms with Gasteiger partial charge in [0.2, 0.25) is 0 Å². The molecule has 0 aliphatic carbocycles. The molecule has 28 heavy (non-hydrogen) atoms. The van der Waals surface area contributed by atoms with E-state index in [4.69, 9.17) is 0 Å². The van der Waals surface area contributed by atoms with Crippen molar-refractivity contribution < 1.29 is 14.0 Å². The van der Waals surface area contributed by atoms with E-state index in [1.807, 2.05) is 32.9 Å². The number of amides is 2. The molecule has 1 heterocycles. The van der Waals surface area contributed by atoms with Crippen LogP contribution >= 0.6 is 0 Å². The number of halogens is 1. The third-order valence-corrected chi connectivity index (χ3v) is 4.27. The van der Waals surface area contributed by atoms with E-state index in [1.165, 1.54) is 36.5 Å². The molecule has 2 aromatic carbocycles. The zero-order valence-corrected chi connectivity index (χ0v) is 15.8. The zero-order valence-electron chi connectivity index (χ0n) is 15.8. The van der Waals surface area contributed by atoms with Crippen LogP contribution in [0.25, 0.3) is 0 Å².